The fraction of sp³-hybridized carbons (Fsp3) is 0.471. The van der Waals surface area contributed by atoms with Crippen molar-refractivity contribution in [1.82, 2.24) is 19.4 Å². The molecule has 1 unspecified atom stereocenters. The number of nitrogens with one attached hydrogen (secondary N) is 1. The van der Waals surface area contributed by atoms with Crippen LogP contribution in [0.1, 0.15) is 40.8 Å². The van der Waals surface area contributed by atoms with Crippen molar-refractivity contribution in [3.63, 3.8) is 0 Å². The number of amides is 1. The van der Waals surface area contributed by atoms with Crippen LogP contribution in [-0.4, -0.2) is 33.2 Å². The average molecular weight is 327 g/mol. The second-order valence-corrected chi connectivity index (χ2v) is 6.13. The summed E-state index contributed by atoms with van der Waals surface area (Å²) in [5.41, 5.74) is 0.945. The van der Waals surface area contributed by atoms with E-state index in [9.17, 15) is 4.79 Å². The lowest BCUT2D eigenvalue weighted by atomic mass is 9.91. The van der Waals surface area contributed by atoms with Gasteiger partial charge < -0.3 is 19.2 Å². The van der Waals surface area contributed by atoms with Crippen LogP contribution in [0.25, 0.3) is 0 Å². The van der Waals surface area contributed by atoms with E-state index in [0.717, 1.165) is 18.7 Å². The van der Waals surface area contributed by atoms with E-state index in [4.69, 9.17) is 10.00 Å². The third-order valence-corrected chi connectivity index (χ3v) is 4.53. The van der Waals surface area contributed by atoms with Crippen molar-refractivity contribution in [2.24, 2.45) is 20.0 Å². The molecule has 1 aliphatic rings. The number of ether oxygens (including phenoxy) is 1. The van der Waals surface area contributed by atoms with Gasteiger partial charge in [0.15, 0.2) is 0 Å². The first kappa shape index (κ1) is 16.3. The highest BCUT2D eigenvalue weighted by Crippen LogP contribution is 2.29. The maximum absolute atomic E-state index is 12.7. The van der Waals surface area contributed by atoms with Crippen LogP contribution in [0.15, 0.2) is 24.7 Å². The van der Waals surface area contributed by atoms with E-state index in [-0.39, 0.29) is 17.9 Å². The molecule has 7 nitrogen and oxygen atoms in total. The van der Waals surface area contributed by atoms with Gasteiger partial charge in [0, 0.05) is 45.9 Å². The molecule has 1 aliphatic heterocycles. The Morgan fingerprint density at radius 3 is 2.75 bits per heavy atom. The fourth-order valence-corrected chi connectivity index (χ4v) is 3.19. The number of imidazole rings is 1. The summed E-state index contributed by atoms with van der Waals surface area (Å²) < 4.78 is 9.05. The number of rotatable bonds is 4. The molecule has 1 atom stereocenters. The van der Waals surface area contributed by atoms with Crippen molar-refractivity contribution in [1.29, 1.82) is 5.26 Å². The minimum absolute atomic E-state index is 0.179. The molecule has 7 heteroatoms. The summed E-state index contributed by atoms with van der Waals surface area (Å²) in [6.07, 6.45) is 7.04. The monoisotopic (exact) mass is 327 g/mol. The van der Waals surface area contributed by atoms with Crippen LogP contribution in [0, 0.1) is 17.2 Å². The molecular weight excluding hydrogens is 306 g/mol. The lowest BCUT2D eigenvalue weighted by Crippen LogP contribution is -2.38. The molecule has 1 N–H and O–H groups in total. The Morgan fingerprint density at radius 1 is 1.42 bits per heavy atom. The van der Waals surface area contributed by atoms with Gasteiger partial charge in [-0.2, -0.15) is 5.26 Å². The van der Waals surface area contributed by atoms with Crippen LogP contribution in [-0.2, 0) is 18.8 Å². The standard InChI is InChI=1S/C17H21N5O2/c1-21-6-5-19-16(21)15(13-3-7-24-8-4-13)20-17(23)14-9-12(10-18)11-22(14)2/h5-6,9,11,13,15H,3-4,7-8H2,1-2H3,(H,20,23). The highest BCUT2D eigenvalue weighted by atomic mass is 16.5. The van der Waals surface area contributed by atoms with Crippen molar-refractivity contribution in [2.45, 2.75) is 18.9 Å². The van der Waals surface area contributed by atoms with Crippen molar-refractivity contribution < 1.29 is 9.53 Å². The van der Waals surface area contributed by atoms with E-state index < -0.39 is 0 Å². The number of hydrogen-bond acceptors (Lipinski definition) is 4. The summed E-state index contributed by atoms with van der Waals surface area (Å²) in [5.74, 6) is 0.919. The van der Waals surface area contributed by atoms with Crippen LogP contribution in [0.5, 0.6) is 0 Å². The minimum atomic E-state index is -0.196. The normalized spacial score (nSPS) is 16.5. The molecule has 3 rings (SSSR count). The first-order valence-electron chi connectivity index (χ1n) is 8.02. The summed E-state index contributed by atoms with van der Waals surface area (Å²) in [5, 5.41) is 12.1. The molecule has 0 radical (unpaired) electrons. The van der Waals surface area contributed by atoms with Gasteiger partial charge >= 0.3 is 0 Å². The van der Waals surface area contributed by atoms with Crippen LogP contribution >= 0.6 is 0 Å². The van der Waals surface area contributed by atoms with Crippen molar-refractivity contribution in [3.8, 4) is 6.07 Å². The molecule has 2 aromatic rings. The summed E-state index contributed by atoms with van der Waals surface area (Å²) in [7, 11) is 3.69. The van der Waals surface area contributed by atoms with Gasteiger partial charge in [-0.25, -0.2) is 4.98 Å². The predicted octanol–water partition coefficient (Wildman–Crippen LogP) is 1.53. The summed E-state index contributed by atoms with van der Waals surface area (Å²) in [6, 6.07) is 3.49. The quantitative estimate of drug-likeness (QED) is 0.923. The zero-order chi connectivity index (χ0) is 17.1. The topological polar surface area (TPSA) is 84.9 Å². The number of carbonyl (C=O) groups excluding carboxylic acids is 1. The second-order valence-electron chi connectivity index (χ2n) is 6.13. The second kappa shape index (κ2) is 6.89. The first-order chi connectivity index (χ1) is 11.6. The maximum atomic E-state index is 12.7. The maximum Gasteiger partial charge on any atom is 0.268 e. The Balaban J connectivity index is 1.86. The number of hydrogen-bond donors (Lipinski definition) is 1. The Labute approximate surface area is 140 Å². The Bertz CT molecular complexity index is 764. The molecular formula is C17H21N5O2. The van der Waals surface area contributed by atoms with Crippen LogP contribution in [0.2, 0.25) is 0 Å². The van der Waals surface area contributed by atoms with E-state index in [2.05, 4.69) is 16.4 Å². The minimum Gasteiger partial charge on any atom is -0.381 e. The van der Waals surface area contributed by atoms with Gasteiger partial charge in [-0.3, -0.25) is 4.79 Å². The molecule has 0 bridgehead atoms. The van der Waals surface area contributed by atoms with E-state index in [1.165, 1.54) is 0 Å². The predicted molar refractivity (Wildman–Crippen MR) is 87.1 cm³/mol. The van der Waals surface area contributed by atoms with Crippen LogP contribution in [0.3, 0.4) is 0 Å². The lowest BCUT2D eigenvalue weighted by molar-refractivity contribution is 0.0498. The zero-order valence-corrected chi connectivity index (χ0v) is 13.9. The van der Waals surface area contributed by atoms with Crippen LogP contribution < -0.4 is 5.32 Å². The number of aryl methyl sites for hydroxylation is 2. The number of nitriles is 1. The highest BCUT2D eigenvalue weighted by Gasteiger charge is 2.30. The fourth-order valence-electron chi connectivity index (χ4n) is 3.19. The Morgan fingerprint density at radius 2 is 2.17 bits per heavy atom. The third-order valence-electron chi connectivity index (χ3n) is 4.53. The smallest absolute Gasteiger partial charge is 0.268 e. The average Bonchev–Trinajstić information content (AvgIpc) is 3.19. The van der Waals surface area contributed by atoms with Gasteiger partial charge in [-0.1, -0.05) is 0 Å². The molecule has 3 heterocycles. The van der Waals surface area contributed by atoms with Crippen LogP contribution in [0.4, 0.5) is 0 Å². The Hall–Kier alpha value is -2.59. The van der Waals surface area contributed by atoms with Crippen molar-refractivity contribution >= 4 is 5.91 Å². The Kier molecular flexibility index (Phi) is 4.67. The molecule has 0 spiro atoms. The largest absolute Gasteiger partial charge is 0.381 e. The zero-order valence-electron chi connectivity index (χ0n) is 13.9. The summed E-state index contributed by atoms with van der Waals surface area (Å²) in [4.78, 5) is 17.2. The SMILES string of the molecule is Cn1cc(C#N)cc1C(=O)NC(c1nccn1C)C1CCOCC1. The van der Waals surface area contributed by atoms with Crippen molar-refractivity contribution in [3.05, 3.63) is 41.7 Å². The third kappa shape index (κ3) is 3.19. The molecule has 2 aromatic heterocycles. The first-order valence-corrected chi connectivity index (χ1v) is 8.02. The molecule has 1 saturated heterocycles. The molecule has 0 aromatic carbocycles. The number of aromatic nitrogens is 3. The lowest BCUT2D eigenvalue weighted by Gasteiger charge is -2.30. The van der Waals surface area contributed by atoms with E-state index >= 15 is 0 Å². The van der Waals surface area contributed by atoms with Gasteiger partial charge in [-0.15, -0.1) is 0 Å². The molecule has 1 amide bonds. The van der Waals surface area contributed by atoms with Gasteiger partial charge in [0.25, 0.3) is 5.91 Å². The van der Waals surface area contributed by atoms with E-state index in [1.807, 2.05) is 17.8 Å². The summed E-state index contributed by atoms with van der Waals surface area (Å²) in [6.45, 7) is 1.40. The number of carbonyl (C=O) groups is 1. The summed E-state index contributed by atoms with van der Waals surface area (Å²) >= 11 is 0. The van der Waals surface area contributed by atoms with E-state index in [0.29, 0.717) is 24.5 Å². The molecule has 24 heavy (non-hydrogen) atoms. The van der Waals surface area contributed by atoms with Gasteiger partial charge in [0.05, 0.1) is 11.6 Å². The molecule has 0 aliphatic carbocycles. The molecule has 1 fully saturated rings. The molecule has 0 saturated carbocycles. The van der Waals surface area contributed by atoms with Gasteiger partial charge in [-0.05, 0) is 24.8 Å². The molecule has 126 valence electrons. The van der Waals surface area contributed by atoms with Gasteiger partial charge in [0.1, 0.15) is 17.6 Å². The van der Waals surface area contributed by atoms with E-state index in [1.54, 1.807) is 30.1 Å². The van der Waals surface area contributed by atoms with Gasteiger partial charge in [0.2, 0.25) is 0 Å². The number of nitrogens with zero attached hydrogens (tertiary/aromatic N) is 4. The van der Waals surface area contributed by atoms with Crippen molar-refractivity contribution in [2.75, 3.05) is 13.2 Å². The highest BCUT2D eigenvalue weighted by molar-refractivity contribution is 5.93.